The summed E-state index contributed by atoms with van der Waals surface area (Å²) in [6, 6.07) is 1.85. The summed E-state index contributed by atoms with van der Waals surface area (Å²) >= 11 is 0. The van der Waals surface area contributed by atoms with Crippen molar-refractivity contribution in [2.75, 3.05) is 6.54 Å². The van der Waals surface area contributed by atoms with Crippen molar-refractivity contribution in [3.05, 3.63) is 24.0 Å². The molecule has 1 saturated heterocycles. The first-order chi connectivity index (χ1) is 10.6. The van der Waals surface area contributed by atoms with E-state index in [1.54, 1.807) is 6.07 Å². The highest BCUT2D eigenvalue weighted by Crippen LogP contribution is 2.42. The lowest BCUT2D eigenvalue weighted by atomic mass is 9.77. The molecular formula is C16H22N4O2. The number of hydrogen-bond donors (Lipinski definition) is 1. The van der Waals surface area contributed by atoms with Crippen molar-refractivity contribution in [2.45, 2.75) is 57.0 Å². The third-order valence-corrected chi connectivity index (χ3v) is 5.09. The Kier molecular flexibility index (Phi) is 4.09. The molecule has 2 heterocycles. The Morgan fingerprint density at radius 1 is 1.36 bits per heavy atom. The molecule has 3 rings (SSSR count). The number of carbonyl (C=O) groups excluding carboxylic acids is 2. The molecule has 0 radical (unpaired) electrons. The predicted octanol–water partition coefficient (Wildman–Crippen LogP) is 1.53. The van der Waals surface area contributed by atoms with Crippen LogP contribution in [-0.4, -0.2) is 45.0 Å². The normalized spacial score (nSPS) is 28.1. The van der Waals surface area contributed by atoms with E-state index >= 15 is 0 Å². The van der Waals surface area contributed by atoms with E-state index in [1.807, 2.05) is 0 Å². The maximum absolute atomic E-state index is 12.2. The first kappa shape index (κ1) is 14.9. The SMILES string of the molecule is CCN1C(=O)CCC12CCC(NC(=O)c1ccnnc1)CC2. The summed E-state index contributed by atoms with van der Waals surface area (Å²) in [6.45, 7) is 2.84. The van der Waals surface area contributed by atoms with Gasteiger partial charge in [0, 0.05) is 24.5 Å². The van der Waals surface area contributed by atoms with Crippen LogP contribution in [0.2, 0.25) is 0 Å². The van der Waals surface area contributed by atoms with Gasteiger partial charge < -0.3 is 10.2 Å². The van der Waals surface area contributed by atoms with Gasteiger partial charge in [-0.05, 0) is 45.1 Å². The largest absolute Gasteiger partial charge is 0.349 e. The molecular weight excluding hydrogens is 280 g/mol. The standard InChI is InChI=1S/C16H22N4O2/c1-2-20-14(21)5-9-16(20)7-3-13(4-8-16)19-15(22)12-6-10-17-18-11-12/h6,10-11,13H,2-5,7-9H2,1H3,(H,19,22). The predicted molar refractivity (Wildman–Crippen MR) is 81.1 cm³/mol. The van der Waals surface area contributed by atoms with Gasteiger partial charge in [-0.15, -0.1) is 0 Å². The molecule has 0 aromatic carbocycles. The highest BCUT2D eigenvalue weighted by molar-refractivity contribution is 5.93. The Hall–Kier alpha value is -1.98. The van der Waals surface area contributed by atoms with Crippen molar-refractivity contribution in [1.82, 2.24) is 20.4 Å². The lowest BCUT2D eigenvalue weighted by Gasteiger charge is -2.43. The van der Waals surface area contributed by atoms with Gasteiger partial charge in [0.25, 0.3) is 5.91 Å². The first-order valence-corrected chi connectivity index (χ1v) is 8.03. The van der Waals surface area contributed by atoms with E-state index in [0.29, 0.717) is 12.0 Å². The Morgan fingerprint density at radius 3 is 2.77 bits per heavy atom. The molecule has 1 aromatic rings. The van der Waals surface area contributed by atoms with Gasteiger partial charge >= 0.3 is 0 Å². The van der Waals surface area contributed by atoms with Crippen molar-refractivity contribution in [2.24, 2.45) is 0 Å². The summed E-state index contributed by atoms with van der Waals surface area (Å²) in [5.41, 5.74) is 0.590. The Morgan fingerprint density at radius 2 is 2.14 bits per heavy atom. The molecule has 2 aliphatic rings. The Bertz CT molecular complexity index is 553. The average molecular weight is 302 g/mol. The number of carbonyl (C=O) groups is 2. The monoisotopic (exact) mass is 302 g/mol. The van der Waals surface area contributed by atoms with Crippen molar-refractivity contribution >= 4 is 11.8 Å². The van der Waals surface area contributed by atoms with Crippen LogP contribution in [0.3, 0.4) is 0 Å². The molecule has 1 aliphatic heterocycles. The van der Waals surface area contributed by atoms with E-state index in [2.05, 4.69) is 27.3 Å². The van der Waals surface area contributed by atoms with Crippen LogP contribution in [0.4, 0.5) is 0 Å². The Labute approximate surface area is 130 Å². The second kappa shape index (κ2) is 6.02. The fourth-order valence-electron chi connectivity index (χ4n) is 3.90. The summed E-state index contributed by atoms with van der Waals surface area (Å²) in [6.07, 6.45) is 8.45. The third kappa shape index (κ3) is 2.69. The number of aromatic nitrogens is 2. The van der Waals surface area contributed by atoms with Crippen LogP contribution in [0, 0.1) is 0 Å². The van der Waals surface area contributed by atoms with Crippen LogP contribution < -0.4 is 5.32 Å². The highest BCUT2D eigenvalue weighted by atomic mass is 16.2. The fraction of sp³-hybridized carbons (Fsp3) is 0.625. The van der Waals surface area contributed by atoms with Crippen LogP contribution in [-0.2, 0) is 4.79 Å². The fourth-order valence-corrected chi connectivity index (χ4v) is 3.90. The molecule has 1 N–H and O–H groups in total. The minimum atomic E-state index is -0.0919. The quantitative estimate of drug-likeness (QED) is 0.919. The van der Waals surface area contributed by atoms with Crippen LogP contribution in [0.1, 0.15) is 55.8 Å². The van der Waals surface area contributed by atoms with Gasteiger partial charge in [0.2, 0.25) is 5.91 Å². The molecule has 6 nitrogen and oxygen atoms in total. The molecule has 2 fully saturated rings. The lowest BCUT2D eigenvalue weighted by molar-refractivity contribution is -0.131. The second-order valence-corrected chi connectivity index (χ2v) is 6.24. The number of nitrogens with zero attached hydrogens (tertiary/aromatic N) is 3. The average Bonchev–Trinajstić information content (AvgIpc) is 2.86. The van der Waals surface area contributed by atoms with Crippen LogP contribution >= 0.6 is 0 Å². The van der Waals surface area contributed by atoms with Gasteiger partial charge in [-0.2, -0.15) is 10.2 Å². The van der Waals surface area contributed by atoms with E-state index in [9.17, 15) is 9.59 Å². The Balaban J connectivity index is 1.58. The number of rotatable bonds is 3. The minimum absolute atomic E-state index is 0.0469. The number of hydrogen-bond acceptors (Lipinski definition) is 4. The molecule has 1 aliphatic carbocycles. The summed E-state index contributed by atoms with van der Waals surface area (Å²) in [4.78, 5) is 26.2. The highest BCUT2D eigenvalue weighted by Gasteiger charge is 2.46. The van der Waals surface area contributed by atoms with Gasteiger partial charge in [-0.25, -0.2) is 0 Å². The van der Waals surface area contributed by atoms with Crippen molar-refractivity contribution in [3.63, 3.8) is 0 Å². The first-order valence-electron chi connectivity index (χ1n) is 8.03. The van der Waals surface area contributed by atoms with E-state index < -0.39 is 0 Å². The zero-order chi connectivity index (χ0) is 15.6. The van der Waals surface area contributed by atoms with E-state index in [-0.39, 0.29) is 23.4 Å². The summed E-state index contributed by atoms with van der Waals surface area (Å²) < 4.78 is 0. The molecule has 1 aromatic heterocycles. The van der Waals surface area contributed by atoms with Gasteiger partial charge in [0.15, 0.2) is 0 Å². The van der Waals surface area contributed by atoms with Crippen LogP contribution in [0.5, 0.6) is 0 Å². The molecule has 118 valence electrons. The van der Waals surface area contributed by atoms with Gasteiger partial charge in [-0.3, -0.25) is 9.59 Å². The maximum atomic E-state index is 12.2. The number of nitrogens with one attached hydrogen (secondary N) is 1. The van der Waals surface area contributed by atoms with E-state index in [1.165, 1.54) is 12.4 Å². The van der Waals surface area contributed by atoms with E-state index in [0.717, 1.165) is 38.6 Å². The topological polar surface area (TPSA) is 75.2 Å². The molecule has 1 saturated carbocycles. The second-order valence-electron chi connectivity index (χ2n) is 6.24. The smallest absolute Gasteiger partial charge is 0.253 e. The summed E-state index contributed by atoms with van der Waals surface area (Å²) in [7, 11) is 0. The maximum Gasteiger partial charge on any atom is 0.253 e. The molecule has 0 unspecified atom stereocenters. The van der Waals surface area contributed by atoms with Crippen molar-refractivity contribution in [1.29, 1.82) is 0 Å². The molecule has 2 amide bonds. The molecule has 0 atom stereocenters. The number of likely N-dealkylation sites (tertiary alicyclic amines) is 1. The molecule has 6 heteroatoms. The van der Waals surface area contributed by atoms with Crippen molar-refractivity contribution in [3.8, 4) is 0 Å². The van der Waals surface area contributed by atoms with Gasteiger partial charge in [0.05, 0.1) is 18.0 Å². The molecule has 22 heavy (non-hydrogen) atoms. The van der Waals surface area contributed by atoms with Gasteiger partial charge in [-0.1, -0.05) is 0 Å². The number of amides is 2. The summed E-state index contributed by atoms with van der Waals surface area (Å²) in [5.74, 6) is 0.193. The molecule has 1 spiro atoms. The van der Waals surface area contributed by atoms with Crippen LogP contribution in [0.15, 0.2) is 18.5 Å². The summed E-state index contributed by atoms with van der Waals surface area (Å²) in [5, 5.41) is 10.5. The third-order valence-electron chi connectivity index (χ3n) is 5.09. The van der Waals surface area contributed by atoms with Crippen molar-refractivity contribution < 1.29 is 9.59 Å². The minimum Gasteiger partial charge on any atom is -0.349 e. The van der Waals surface area contributed by atoms with Crippen LogP contribution in [0.25, 0.3) is 0 Å². The molecule has 0 bridgehead atoms. The zero-order valence-electron chi connectivity index (χ0n) is 12.9. The van der Waals surface area contributed by atoms with E-state index in [4.69, 9.17) is 0 Å². The van der Waals surface area contributed by atoms with Gasteiger partial charge in [0.1, 0.15) is 0 Å². The zero-order valence-corrected chi connectivity index (χ0v) is 12.9. The lowest BCUT2D eigenvalue weighted by Crippen LogP contribution is -2.51.